The lowest BCUT2D eigenvalue weighted by atomic mass is 9.76. The lowest BCUT2D eigenvalue weighted by Crippen LogP contribution is -2.45. The Hall–Kier alpha value is -3.22. The van der Waals surface area contributed by atoms with Crippen LogP contribution in [0.15, 0.2) is 51.9 Å². The van der Waals surface area contributed by atoms with Gasteiger partial charge >= 0.3 is 0 Å². The molecule has 1 aromatic carbocycles. The van der Waals surface area contributed by atoms with Crippen LogP contribution in [-0.2, 0) is 23.2 Å². The van der Waals surface area contributed by atoms with Crippen LogP contribution in [0.5, 0.6) is 0 Å². The zero-order chi connectivity index (χ0) is 20.7. The number of benzene rings is 1. The molecule has 2 aliphatic rings. The summed E-state index contributed by atoms with van der Waals surface area (Å²) in [6.07, 6.45) is 4.35. The fourth-order valence-electron chi connectivity index (χ4n) is 4.68. The predicted octanol–water partition coefficient (Wildman–Crippen LogP) is 2.71. The minimum Gasteiger partial charge on any atom is -0.469 e. The zero-order valence-corrected chi connectivity index (χ0v) is 17.0. The van der Waals surface area contributed by atoms with Crippen molar-refractivity contribution in [3.63, 3.8) is 0 Å². The van der Waals surface area contributed by atoms with E-state index in [0.29, 0.717) is 31.1 Å². The van der Waals surface area contributed by atoms with Crippen LogP contribution in [0.4, 0.5) is 0 Å². The van der Waals surface area contributed by atoms with Crippen molar-refractivity contribution in [2.24, 2.45) is 0 Å². The molecule has 7 nitrogen and oxygen atoms in total. The van der Waals surface area contributed by atoms with Crippen molar-refractivity contribution in [2.75, 3.05) is 13.1 Å². The summed E-state index contributed by atoms with van der Waals surface area (Å²) in [6.45, 7) is 3.99. The highest BCUT2D eigenvalue weighted by molar-refractivity contribution is 5.78. The summed E-state index contributed by atoms with van der Waals surface area (Å²) >= 11 is 0. The highest BCUT2D eigenvalue weighted by Crippen LogP contribution is 2.41. The monoisotopic (exact) mass is 404 g/mol. The molecule has 1 spiro atoms. The van der Waals surface area contributed by atoms with Gasteiger partial charge in [0.1, 0.15) is 11.6 Å². The molecule has 4 heterocycles. The molecule has 3 aromatic rings. The van der Waals surface area contributed by atoms with Crippen LogP contribution in [0.3, 0.4) is 0 Å². The fourth-order valence-corrected chi connectivity index (χ4v) is 4.68. The zero-order valence-electron chi connectivity index (χ0n) is 17.0. The van der Waals surface area contributed by atoms with Crippen LogP contribution in [0.25, 0.3) is 11.3 Å². The Morgan fingerprint density at radius 2 is 1.80 bits per heavy atom. The summed E-state index contributed by atoms with van der Waals surface area (Å²) in [5, 5.41) is 8.85. The molecule has 0 atom stereocenters. The Bertz CT molecular complexity index is 1120. The van der Waals surface area contributed by atoms with E-state index in [1.165, 1.54) is 0 Å². The van der Waals surface area contributed by atoms with E-state index in [2.05, 4.69) is 10.2 Å². The third-order valence-corrected chi connectivity index (χ3v) is 6.54. The van der Waals surface area contributed by atoms with Crippen molar-refractivity contribution in [1.82, 2.24) is 19.7 Å². The second kappa shape index (κ2) is 7.23. The average Bonchev–Trinajstić information content (AvgIpc) is 3.39. The lowest BCUT2D eigenvalue weighted by Gasteiger charge is -2.38. The third-order valence-electron chi connectivity index (χ3n) is 6.54. The van der Waals surface area contributed by atoms with E-state index in [4.69, 9.17) is 4.42 Å². The molecule has 154 valence electrons. The van der Waals surface area contributed by atoms with E-state index in [0.717, 1.165) is 36.2 Å². The molecule has 30 heavy (non-hydrogen) atoms. The van der Waals surface area contributed by atoms with Crippen LogP contribution in [0.1, 0.15) is 36.4 Å². The number of carbonyl (C=O) groups is 1. The number of likely N-dealkylation sites (tertiary alicyclic amines) is 1. The minimum atomic E-state index is -0.167. The standard InChI is InChI=1S/C23H24N4O3/c1-16-4-6-17(7-5-16)20-21(29)27-13-10-23(22(27)25-24-20)8-11-26(12-9-23)19(28)15-18-3-2-14-30-18/h2-7,14H,8-13,15H2,1H3. The van der Waals surface area contributed by atoms with Gasteiger partial charge in [-0.2, -0.15) is 0 Å². The molecule has 2 aliphatic heterocycles. The first kappa shape index (κ1) is 18.8. The Morgan fingerprint density at radius 1 is 1.07 bits per heavy atom. The maximum atomic E-state index is 13.1. The highest BCUT2D eigenvalue weighted by atomic mass is 16.3. The Kier molecular flexibility index (Phi) is 4.53. The van der Waals surface area contributed by atoms with Crippen molar-refractivity contribution in [3.8, 4) is 11.3 Å². The minimum absolute atomic E-state index is 0.0722. The van der Waals surface area contributed by atoms with Gasteiger partial charge in [0.15, 0.2) is 5.69 Å². The molecule has 1 amide bonds. The number of furan rings is 1. The molecule has 0 bridgehead atoms. The van der Waals surface area contributed by atoms with E-state index in [9.17, 15) is 9.59 Å². The summed E-state index contributed by atoms with van der Waals surface area (Å²) in [5.74, 6) is 1.55. The SMILES string of the molecule is Cc1ccc(-c2nnc3n(c2=O)CCC32CCN(C(=O)Cc3ccco3)CC2)cc1. The summed E-state index contributed by atoms with van der Waals surface area (Å²) in [6, 6.07) is 11.4. The molecule has 1 saturated heterocycles. The van der Waals surface area contributed by atoms with Gasteiger partial charge in [-0.05, 0) is 38.3 Å². The van der Waals surface area contributed by atoms with E-state index in [1.807, 2.05) is 42.2 Å². The lowest BCUT2D eigenvalue weighted by molar-refractivity contribution is -0.132. The highest BCUT2D eigenvalue weighted by Gasteiger charge is 2.45. The first-order valence-corrected chi connectivity index (χ1v) is 10.4. The van der Waals surface area contributed by atoms with Crippen LogP contribution >= 0.6 is 0 Å². The number of fused-ring (bicyclic) bond motifs is 2. The van der Waals surface area contributed by atoms with Crippen molar-refractivity contribution < 1.29 is 9.21 Å². The Morgan fingerprint density at radius 3 is 2.50 bits per heavy atom. The summed E-state index contributed by atoms with van der Waals surface area (Å²) in [5.41, 5.74) is 2.10. The molecule has 0 aliphatic carbocycles. The predicted molar refractivity (Wildman–Crippen MR) is 111 cm³/mol. The normalized spacial score (nSPS) is 17.3. The van der Waals surface area contributed by atoms with Crippen LogP contribution in [-0.4, -0.2) is 38.7 Å². The summed E-state index contributed by atoms with van der Waals surface area (Å²) in [4.78, 5) is 27.6. The molecule has 2 aromatic heterocycles. The number of hydrogen-bond donors (Lipinski definition) is 0. The molecular formula is C23H24N4O3. The quantitative estimate of drug-likeness (QED) is 0.670. The smallest absolute Gasteiger partial charge is 0.280 e. The topological polar surface area (TPSA) is 81.2 Å². The Balaban J connectivity index is 1.35. The first-order valence-electron chi connectivity index (χ1n) is 10.4. The number of piperidine rings is 1. The molecule has 5 rings (SSSR count). The molecule has 0 N–H and O–H groups in total. The van der Waals surface area contributed by atoms with E-state index < -0.39 is 0 Å². The summed E-state index contributed by atoms with van der Waals surface area (Å²) < 4.78 is 7.09. The molecule has 1 fully saturated rings. The van der Waals surface area contributed by atoms with Gasteiger partial charge in [0.2, 0.25) is 5.91 Å². The van der Waals surface area contributed by atoms with Crippen LogP contribution in [0.2, 0.25) is 0 Å². The first-order chi connectivity index (χ1) is 14.6. The number of hydrogen-bond acceptors (Lipinski definition) is 5. The molecule has 0 saturated carbocycles. The molecule has 7 heteroatoms. The number of carbonyl (C=O) groups excluding carboxylic acids is 1. The number of aromatic nitrogens is 3. The maximum absolute atomic E-state index is 13.1. The van der Waals surface area contributed by atoms with Crippen LogP contribution < -0.4 is 5.56 Å². The van der Waals surface area contributed by atoms with Crippen molar-refractivity contribution in [1.29, 1.82) is 0 Å². The van der Waals surface area contributed by atoms with Gasteiger partial charge in [-0.1, -0.05) is 29.8 Å². The van der Waals surface area contributed by atoms with Gasteiger partial charge in [0.05, 0.1) is 12.7 Å². The van der Waals surface area contributed by atoms with Gasteiger partial charge in [-0.25, -0.2) is 0 Å². The third kappa shape index (κ3) is 3.14. The van der Waals surface area contributed by atoms with Crippen molar-refractivity contribution in [2.45, 2.75) is 44.6 Å². The maximum Gasteiger partial charge on any atom is 0.280 e. The number of amides is 1. The second-order valence-electron chi connectivity index (χ2n) is 8.36. The van der Waals surface area contributed by atoms with Crippen molar-refractivity contribution in [3.05, 3.63) is 70.2 Å². The van der Waals surface area contributed by atoms with Gasteiger partial charge < -0.3 is 9.32 Å². The largest absolute Gasteiger partial charge is 0.469 e. The fraction of sp³-hybridized carbons (Fsp3) is 0.391. The van der Waals surface area contributed by atoms with Crippen molar-refractivity contribution >= 4 is 5.91 Å². The van der Waals surface area contributed by atoms with E-state index in [-0.39, 0.29) is 23.3 Å². The van der Waals surface area contributed by atoms with Gasteiger partial charge in [0.25, 0.3) is 5.56 Å². The summed E-state index contributed by atoms with van der Waals surface area (Å²) in [7, 11) is 0. The average molecular weight is 404 g/mol. The Labute approximate surface area is 174 Å². The molecule has 0 radical (unpaired) electrons. The van der Waals surface area contributed by atoms with Crippen LogP contribution in [0, 0.1) is 6.92 Å². The number of aryl methyl sites for hydroxylation is 1. The molecule has 0 unspecified atom stereocenters. The van der Waals surface area contributed by atoms with Gasteiger partial charge in [-0.15, -0.1) is 10.2 Å². The van der Waals surface area contributed by atoms with E-state index >= 15 is 0 Å². The van der Waals surface area contributed by atoms with Gasteiger partial charge in [-0.3, -0.25) is 14.2 Å². The van der Waals surface area contributed by atoms with Gasteiger partial charge in [0, 0.05) is 30.6 Å². The second-order valence-corrected chi connectivity index (χ2v) is 8.36. The molecular weight excluding hydrogens is 380 g/mol. The number of rotatable bonds is 3. The number of nitrogens with zero attached hydrogens (tertiary/aromatic N) is 4. The van der Waals surface area contributed by atoms with E-state index in [1.54, 1.807) is 16.9 Å².